The number of rotatable bonds is 12. The maximum Gasteiger partial charge on any atom is 0.0468 e. The molecule has 0 atom stereocenters. The van der Waals surface area contributed by atoms with Crippen LogP contribution in [0, 0.1) is 0 Å². The van der Waals surface area contributed by atoms with Crippen LogP contribution in [0.15, 0.2) is 12.7 Å². The number of allylic oxidation sites excluding steroid dienone is 1. The van der Waals surface area contributed by atoms with E-state index in [1.54, 1.807) is 0 Å². The molecule has 90 valence electrons. The Bertz CT molecular complexity index is 126. The number of ether oxygens (including phenoxy) is 1. The third kappa shape index (κ3) is 13.7. The summed E-state index contributed by atoms with van der Waals surface area (Å²) in [6.45, 7) is 9.91. The summed E-state index contributed by atoms with van der Waals surface area (Å²) in [5.74, 6) is 0. The van der Waals surface area contributed by atoms with Crippen molar-refractivity contribution >= 4 is 0 Å². The third-order valence-corrected chi connectivity index (χ3v) is 2.34. The Hall–Kier alpha value is -0.340. The highest BCUT2D eigenvalue weighted by molar-refractivity contribution is 4.64. The molecular weight excluding hydrogens is 186 g/mol. The average Bonchev–Trinajstić information content (AvgIpc) is 2.26. The third-order valence-electron chi connectivity index (χ3n) is 2.34. The lowest BCUT2D eigenvalue weighted by molar-refractivity contribution is 0.128. The van der Waals surface area contributed by atoms with E-state index >= 15 is 0 Å². The van der Waals surface area contributed by atoms with Gasteiger partial charge in [-0.2, -0.15) is 0 Å². The zero-order valence-corrected chi connectivity index (χ0v) is 10.3. The lowest BCUT2D eigenvalue weighted by Gasteiger charge is -2.03. The molecule has 0 aliphatic carbocycles. The molecule has 0 saturated carbocycles. The second-order valence-electron chi connectivity index (χ2n) is 3.81. The first kappa shape index (κ1) is 14.7. The first-order chi connectivity index (χ1) is 7.41. The van der Waals surface area contributed by atoms with E-state index in [1.165, 1.54) is 25.7 Å². The van der Waals surface area contributed by atoms with Gasteiger partial charge in [-0.25, -0.2) is 0 Å². The largest absolute Gasteiger partial charge is 0.381 e. The molecule has 0 unspecified atom stereocenters. The van der Waals surface area contributed by atoms with E-state index in [9.17, 15) is 0 Å². The Morgan fingerprint density at radius 3 is 2.53 bits per heavy atom. The molecule has 1 N–H and O–H groups in total. The SMILES string of the molecule is C=CCCCOCCCCCCNCC. The summed E-state index contributed by atoms with van der Waals surface area (Å²) in [6, 6.07) is 0. The Kier molecular flexibility index (Phi) is 13.4. The van der Waals surface area contributed by atoms with Crippen molar-refractivity contribution in [2.75, 3.05) is 26.3 Å². The molecule has 0 amide bonds. The van der Waals surface area contributed by atoms with Gasteiger partial charge in [-0.3, -0.25) is 0 Å². The van der Waals surface area contributed by atoms with Gasteiger partial charge in [-0.05, 0) is 38.8 Å². The van der Waals surface area contributed by atoms with Gasteiger partial charge in [-0.1, -0.05) is 25.8 Å². The molecule has 0 heterocycles. The van der Waals surface area contributed by atoms with Crippen LogP contribution >= 0.6 is 0 Å². The van der Waals surface area contributed by atoms with E-state index in [0.717, 1.165) is 39.1 Å². The summed E-state index contributed by atoms with van der Waals surface area (Å²) in [6.07, 6.45) is 9.26. The standard InChI is InChI=1S/C13H27NO/c1-3-5-9-12-15-13-10-7-6-8-11-14-4-2/h3,14H,1,4-13H2,2H3. The molecule has 0 aliphatic rings. The Balaban J connectivity index is 2.83. The van der Waals surface area contributed by atoms with Crippen LogP contribution in [0.3, 0.4) is 0 Å². The molecule has 0 spiro atoms. The highest BCUT2D eigenvalue weighted by Crippen LogP contribution is 2.00. The zero-order chi connectivity index (χ0) is 11.2. The maximum atomic E-state index is 5.50. The van der Waals surface area contributed by atoms with Gasteiger partial charge in [0, 0.05) is 13.2 Å². The molecular formula is C13H27NO. The van der Waals surface area contributed by atoms with E-state index in [-0.39, 0.29) is 0 Å². The summed E-state index contributed by atoms with van der Waals surface area (Å²) in [5.41, 5.74) is 0. The summed E-state index contributed by atoms with van der Waals surface area (Å²) in [7, 11) is 0. The van der Waals surface area contributed by atoms with E-state index < -0.39 is 0 Å². The van der Waals surface area contributed by atoms with Crippen molar-refractivity contribution in [3.05, 3.63) is 12.7 Å². The second-order valence-corrected chi connectivity index (χ2v) is 3.81. The number of unbranched alkanes of at least 4 members (excludes halogenated alkanes) is 4. The predicted octanol–water partition coefficient (Wildman–Crippen LogP) is 3.14. The van der Waals surface area contributed by atoms with Crippen molar-refractivity contribution in [3.8, 4) is 0 Å². The highest BCUT2D eigenvalue weighted by Gasteiger charge is 1.91. The normalized spacial score (nSPS) is 10.5. The summed E-state index contributed by atoms with van der Waals surface area (Å²) in [5, 5.41) is 3.33. The van der Waals surface area contributed by atoms with Crippen LogP contribution < -0.4 is 5.32 Å². The topological polar surface area (TPSA) is 21.3 Å². The van der Waals surface area contributed by atoms with Gasteiger partial charge in [0.15, 0.2) is 0 Å². The zero-order valence-electron chi connectivity index (χ0n) is 10.3. The van der Waals surface area contributed by atoms with Gasteiger partial charge < -0.3 is 10.1 Å². The Labute approximate surface area is 95.1 Å². The van der Waals surface area contributed by atoms with Crippen molar-refractivity contribution in [2.45, 2.75) is 45.4 Å². The van der Waals surface area contributed by atoms with E-state index in [4.69, 9.17) is 4.74 Å². The summed E-state index contributed by atoms with van der Waals surface area (Å²) in [4.78, 5) is 0. The lowest BCUT2D eigenvalue weighted by atomic mass is 10.2. The first-order valence-electron chi connectivity index (χ1n) is 6.31. The molecule has 0 aliphatic heterocycles. The minimum absolute atomic E-state index is 0.892. The van der Waals surface area contributed by atoms with Crippen LogP contribution in [0.5, 0.6) is 0 Å². The smallest absolute Gasteiger partial charge is 0.0468 e. The van der Waals surface area contributed by atoms with Gasteiger partial charge in [-0.15, -0.1) is 6.58 Å². The minimum atomic E-state index is 0.892. The molecule has 15 heavy (non-hydrogen) atoms. The first-order valence-corrected chi connectivity index (χ1v) is 6.31. The number of hydrogen-bond donors (Lipinski definition) is 1. The molecule has 0 rings (SSSR count). The van der Waals surface area contributed by atoms with Crippen molar-refractivity contribution < 1.29 is 4.74 Å². The molecule has 0 fully saturated rings. The van der Waals surface area contributed by atoms with Gasteiger partial charge in [0.2, 0.25) is 0 Å². The molecule has 0 saturated heterocycles. The van der Waals surface area contributed by atoms with E-state index in [2.05, 4.69) is 18.8 Å². The maximum absolute atomic E-state index is 5.50. The predicted molar refractivity (Wildman–Crippen MR) is 67.3 cm³/mol. The fourth-order valence-electron chi connectivity index (χ4n) is 1.42. The Morgan fingerprint density at radius 1 is 1.07 bits per heavy atom. The average molecular weight is 213 g/mol. The monoisotopic (exact) mass is 213 g/mol. The van der Waals surface area contributed by atoms with Crippen LogP contribution in [0.2, 0.25) is 0 Å². The van der Waals surface area contributed by atoms with Crippen LogP contribution in [0.4, 0.5) is 0 Å². The van der Waals surface area contributed by atoms with Gasteiger partial charge in [0.1, 0.15) is 0 Å². The molecule has 0 bridgehead atoms. The van der Waals surface area contributed by atoms with Crippen molar-refractivity contribution in [3.63, 3.8) is 0 Å². The fourth-order valence-corrected chi connectivity index (χ4v) is 1.42. The summed E-state index contributed by atoms with van der Waals surface area (Å²) < 4.78 is 5.50. The minimum Gasteiger partial charge on any atom is -0.381 e. The molecule has 0 radical (unpaired) electrons. The fraction of sp³-hybridized carbons (Fsp3) is 0.846. The van der Waals surface area contributed by atoms with E-state index in [0.29, 0.717) is 0 Å². The number of nitrogens with one attached hydrogen (secondary N) is 1. The van der Waals surface area contributed by atoms with Crippen molar-refractivity contribution in [2.24, 2.45) is 0 Å². The van der Waals surface area contributed by atoms with Crippen LogP contribution in [0.1, 0.15) is 45.4 Å². The van der Waals surface area contributed by atoms with Gasteiger partial charge in [0.25, 0.3) is 0 Å². The molecule has 2 nitrogen and oxygen atoms in total. The van der Waals surface area contributed by atoms with Crippen LogP contribution in [0.25, 0.3) is 0 Å². The Morgan fingerprint density at radius 2 is 1.80 bits per heavy atom. The summed E-state index contributed by atoms with van der Waals surface area (Å²) >= 11 is 0. The lowest BCUT2D eigenvalue weighted by Crippen LogP contribution is -2.13. The highest BCUT2D eigenvalue weighted by atomic mass is 16.5. The van der Waals surface area contributed by atoms with Gasteiger partial charge in [0.05, 0.1) is 0 Å². The molecule has 0 aromatic heterocycles. The second kappa shape index (κ2) is 13.7. The van der Waals surface area contributed by atoms with E-state index in [1.807, 2.05) is 6.08 Å². The molecule has 0 aromatic carbocycles. The number of hydrogen-bond acceptors (Lipinski definition) is 2. The van der Waals surface area contributed by atoms with Gasteiger partial charge >= 0.3 is 0 Å². The molecule has 0 aromatic rings. The van der Waals surface area contributed by atoms with Crippen LogP contribution in [-0.2, 0) is 4.74 Å². The quantitative estimate of drug-likeness (QED) is 0.397. The van der Waals surface area contributed by atoms with Crippen molar-refractivity contribution in [1.29, 1.82) is 0 Å². The molecule has 2 heteroatoms. The van der Waals surface area contributed by atoms with Crippen molar-refractivity contribution in [1.82, 2.24) is 5.32 Å². The van der Waals surface area contributed by atoms with Crippen LogP contribution in [-0.4, -0.2) is 26.3 Å².